The summed E-state index contributed by atoms with van der Waals surface area (Å²) in [7, 11) is 0. The van der Waals surface area contributed by atoms with Crippen LogP contribution in [0.25, 0.3) is 4.91 Å². The molecule has 25 heavy (non-hydrogen) atoms. The third-order valence-corrected chi connectivity index (χ3v) is 5.32. The maximum Gasteiger partial charge on any atom is 0.335 e. The lowest BCUT2D eigenvalue weighted by molar-refractivity contribution is -0.119. The van der Waals surface area contributed by atoms with Crippen LogP contribution in [0.2, 0.25) is 0 Å². The van der Waals surface area contributed by atoms with E-state index >= 15 is 0 Å². The topological polar surface area (TPSA) is 103 Å². The van der Waals surface area contributed by atoms with Crippen molar-refractivity contribution in [2.45, 2.75) is 19.0 Å². The van der Waals surface area contributed by atoms with E-state index < -0.39 is 11.1 Å². The number of aromatic carboxylic acids is 1. The minimum absolute atomic E-state index is 0.162. The van der Waals surface area contributed by atoms with E-state index in [1.807, 2.05) is 12.3 Å². The predicted molar refractivity (Wildman–Crippen MR) is 99.0 cm³/mol. The van der Waals surface area contributed by atoms with Gasteiger partial charge in [-0.1, -0.05) is 6.07 Å². The summed E-state index contributed by atoms with van der Waals surface area (Å²) in [6.07, 6.45) is 0. The quantitative estimate of drug-likeness (QED) is 0.595. The Morgan fingerprint density at radius 3 is 2.80 bits per heavy atom. The first-order chi connectivity index (χ1) is 11.9. The molecule has 1 aliphatic heterocycles. The molecule has 0 spiro atoms. The number of thioether (sulfide) groups is 1. The smallest absolute Gasteiger partial charge is 0.335 e. The molecular formula is C16H16N4O3S2. The summed E-state index contributed by atoms with van der Waals surface area (Å²) >= 11 is 2.88. The van der Waals surface area contributed by atoms with Crippen molar-refractivity contribution >= 4 is 45.6 Å². The highest BCUT2D eigenvalue weighted by Gasteiger charge is 2.40. The molecule has 130 valence electrons. The lowest BCUT2D eigenvalue weighted by Crippen LogP contribution is -2.58. The fourth-order valence-corrected chi connectivity index (χ4v) is 4.38. The van der Waals surface area contributed by atoms with Gasteiger partial charge in [-0.05, 0) is 36.9 Å². The van der Waals surface area contributed by atoms with Crippen molar-refractivity contribution in [3.05, 3.63) is 52.1 Å². The lowest BCUT2D eigenvalue weighted by atomic mass is 10.2. The number of aromatic nitrogens is 1. The summed E-state index contributed by atoms with van der Waals surface area (Å²) in [6, 6.07) is 6.42. The van der Waals surface area contributed by atoms with Crippen LogP contribution >= 0.6 is 23.1 Å². The van der Waals surface area contributed by atoms with Crippen LogP contribution < -0.4 is 16.0 Å². The van der Waals surface area contributed by atoms with Gasteiger partial charge in [0.25, 0.3) is 0 Å². The van der Waals surface area contributed by atoms with Crippen LogP contribution in [0.15, 0.2) is 40.9 Å². The number of thiazole rings is 1. The van der Waals surface area contributed by atoms with Gasteiger partial charge in [0, 0.05) is 23.7 Å². The van der Waals surface area contributed by atoms with E-state index in [1.165, 1.54) is 42.2 Å². The van der Waals surface area contributed by atoms with Gasteiger partial charge >= 0.3 is 5.97 Å². The van der Waals surface area contributed by atoms with Gasteiger partial charge in [-0.25, -0.2) is 9.78 Å². The molecule has 1 unspecified atom stereocenters. The van der Waals surface area contributed by atoms with Gasteiger partial charge in [0.15, 0.2) is 0 Å². The van der Waals surface area contributed by atoms with Gasteiger partial charge < -0.3 is 21.1 Å². The first-order valence-electron chi connectivity index (χ1n) is 7.35. The highest BCUT2D eigenvalue weighted by Crippen LogP contribution is 2.43. The number of carboxylic acid groups (broad SMARTS) is 1. The number of anilines is 1. The van der Waals surface area contributed by atoms with E-state index in [0.717, 1.165) is 16.3 Å². The van der Waals surface area contributed by atoms with Crippen molar-refractivity contribution in [3.8, 4) is 0 Å². The van der Waals surface area contributed by atoms with Crippen molar-refractivity contribution in [2.75, 3.05) is 5.32 Å². The maximum atomic E-state index is 11.7. The Morgan fingerprint density at radius 2 is 2.16 bits per heavy atom. The van der Waals surface area contributed by atoms with Crippen LogP contribution in [0.4, 0.5) is 5.69 Å². The molecule has 1 atom stereocenters. The summed E-state index contributed by atoms with van der Waals surface area (Å²) in [5.41, 5.74) is 4.18. The van der Waals surface area contributed by atoms with Gasteiger partial charge in [-0.15, -0.1) is 11.3 Å². The number of nitrogens with zero attached hydrogens (tertiary/aromatic N) is 1. The number of allylic oxidation sites excluding steroid dienone is 1. The van der Waals surface area contributed by atoms with E-state index in [2.05, 4.69) is 20.9 Å². The molecule has 0 radical (unpaired) electrons. The van der Waals surface area contributed by atoms with E-state index in [0.29, 0.717) is 5.69 Å². The lowest BCUT2D eigenvalue weighted by Gasteiger charge is -2.32. The Kier molecular flexibility index (Phi) is 4.69. The van der Waals surface area contributed by atoms with Crippen molar-refractivity contribution in [2.24, 2.45) is 0 Å². The van der Waals surface area contributed by atoms with Crippen molar-refractivity contribution in [1.82, 2.24) is 15.6 Å². The van der Waals surface area contributed by atoms with E-state index in [4.69, 9.17) is 5.11 Å². The van der Waals surface area contributed by atoms with Crippen LogP contribution in [-0.2, 0) is 4.79 Å². The summed E-state index contributed by atoms with van der Waals surface area (Å²) < 4.78 is 0. The molecule has 1 aromatic carbocycles. The van der Waals surface area contributed by atoms with Gasteiger partial charge in [-0.2, -0.15) is 0 Å². The molecule has 2 heterocycles. The number of rotatable bonds is 5. The second-order valence-electron chi connectivity index (χ2n) is 5.43. The summed E-state index contributed by atoms with van der Waals surface area (Å²) in [6.45, 7) is 3.33. The van der Waals surface area contributed by atoms with Gasteiger partial charge in [0.1, 0.15) is 0 Å². The van der Waals surface area contributed by atoms with Gasteiger partial charge in [0.2, 0.25) is 11.0 Å². The summed E-state index contributed by atoms with van der Waals surface area (Å²) in [5.74, 6) is -1.24. The first kappa shape index (κ1) is 17.3. The van der Waals surface area contributed by atoms with E-state index in [1.54, 1.807) is 17.6 Å². The number of carbonyl (C=O) groups excluding carboxylic acids is 1. The number of carbonyl (C=O) groups is 2. The molecule has 0 saturated heterocycles. The minimum atomic E-state index is -1.02. The second kappa shape index (κ2) is 6.77. The molecule has 0 bridgehead atoms. The average molecular weight is 376 g/mol. The van der Waals surface area contributed by atoms with Crippen LogP contribution in [-0.4, -0.2) is 27.1 Å². The Morgan fingerprint density at radius 1 is 1.36 bits per heavy atom. The molecule has 0 saturated carbocycles. The molecule has 2 aromatic rings. The number of nitrogens with one attached hydrogen (secondary N) is 3. The predicted octanol–water partition coefficient (Wildman–Crippen LogP) is 2.73. The highest BCUT2D eigenvalue weighted by atomic mass is 32.2. The molecular weight excluding hydrogens is 360 g/mol. The highest BCUT2D eigenvalue weighted by molar-refractivity contribution is 8.09. The number of benzene rings is 1. The zero-order valence-electron chi connectivity index (χ0n) is 13.5. The fraction of sp³-hybridized carbons (Fsp3) is 0.188. The molecule has 0 fully saturated rings. The third-order valence-electron chi connectivity index (χ3n) is 3.41. The van der Waals surface area contributed by atoms with Crippen LogP contribution in [0.3, 0.4) is 0 Å². The van der Waals surface area contributed by atoms with E-state index in [-0.39, 0.29) is 11.5 Å². The largest absolute Gasteiger partial charge is 0.478 e. The Hall–Kier alpha value is -2.52. The molecule has 4 N–H and O–H groups in total. The molecule has 3 rings (SSSR count). The summed E-state index contributed by atoms with van der Waals surface area (Å²) in [5, 5.41) is 19.4. The van der Waals surface area contributed by atoms with Crippen LogP contribution in [0.1, 0.15) is 29.9 Å². The minimum Gasteiger partial charge on any atom is -0.478 e. The Balaban J connectivity index is 1.90. The van der Waals surface area contributed by atoms with Crippen molar-refractivity contribution in [3.63, 3.8) is 0 Å². The number of hydrogen-bond acceptors (Lipinski definition) is 7. The monoisotopic (exact) mass is 376 g/mol. The van der Waals surface area contributed by atoms with Crippen molar-refractivity contribution in [1.29, 1.82) is 0 Å². The standard InChI is InChI=1S/C16H16N4O3S2/c1-9-14(13-7-24-8-17-13)25-16(18-9,19-10(2)21)20-12-5-3-4-11(6-12)15(22)23/h3-8,18,20H,1-2H3,(H,19,21)(H,22,23). The normalized spacial score (nSPS) is 19.4. The number of carboxylic acids is 1. The van der Waals surface area contributed by atoms with Crippen molar-refractivity contribution < 1.29 is 14.7 Å². The van der Waals surface area contributed by atoms with Crippen LogP contribution in [0.5, 0.6) is 0 Å². The maximum absolute atomic E-state index is 11.7. The van der Waals surface area contributed by atoms with E-state index in [9.17, 15) is 9.59 Å². The summed E-state index contributed by atoms with van der Waals surface area (Å²) in [4.78, 5) is 28.1. The third kappa shape index (κ3) is 3.77. The zero-order chi connectivity index (χ0) is 18.0. The molecule has 9 heteroatoms. The number of amides is 1. The Bertz CT molecular complexity index is 851. The average Bonchev–Trinajstić information content (AvgIpc) is 3.15. The van der Waals surface area contributed by atoms with Crippen LogP contribution in [0, 0.1) is 0 Å². The first-order valence-corrected chi connectivity index (χ1v) is 9.11. The SMILES string of the molecule is CC(=O)NC1(Nc2cccc(C(=O)O)c2)NC(C)=C(c2cscn2)S1. The Labute approximate surface area is 152 Å². The molecule has 1 amide bonds. The molecule has 0 aliphatic carbocycles. The molecule has 1 aromatic heterocycles. The second-order valence-corrected chi connectivity index (χ2v) is 7.37. The van der Waals surface area contributed by atoms with Gasteiger partial charge in [-0.3, -0.25) is 4.79 Å². The molecule has 7 nitrogen and oxygen atoms in total. The fourth-order valence-electron chi connectivity index (χ4n) is 2.47. The zero-order valence-corrected chi connectivity index (χ0v) is 15.1. The molecule has 1 aliphatic rings. The van der Waals surface area contributed by atoms with Gasteiger partial charge in [0.05, 0.1) is 21.7 Å². The number of hydrogen-bond donors (Lipinski definition) is 4.